The van der Waals surface area contributed by atoms with Crippen LogP contribution in [-0.4, -0.2) is 0 Å². The van der Waals surface area contributed by atoms with E-state index in [1.165, 1.54) is 10.8 Å². The topological polar surface area (TPSA) is 16.4 Å². The van der Waals surface area contributed by atoms with Crippen molar-refractivity contribution in [2.45, 2.75) is 0 Å². The molecule has 0 aliphatic heterocycles. The quantitative estimate of drug-likeness (QED) is 0.240. The lowest BCUT2D eigenvalue weighted by Gasteiger charge is -2.26. The minimum atomic E-state index is 0.882. The van der Waals surface area contributed by atoms with Gasteiger partial charge in [-0.15, -0.1) is 0 Å². The Morgan fingerprint density at radius 2 is 1.00 bits per heavy atom. The number of rotatable bonds is 5. The van der Waals surface area contributed by atoms with Gasteiger partial charge in [-0.25, -0.2) is 0 Å². The fourth-order valence-corrected chi connectivity index (χ4v) is 5.19. The summed E-state index contributed by atoms with van der Waals surface area (Å²) in [5.74, 6) is 0.882. The fraction of sp³-hybridized carbons (Fsp3) is 0. The van der Waals surface area contributed by atoms with Crippen LogP contribution in [0.4, 0.5) is 17.1 Å². The van der Waals surface area contributed by atoms with Crippen molar-refractivity contribution in [3.8, 4) is 22.5 Å². The van der Waals surface area contributed by atoms with Gasteiger partial charge in [0, 0.05) is 28.0 Å². The van der Waals surface area contributed by atoms with Crippen LogP contribution < -0.4 is 4.90 Å². The SMILES string of the molecule is c1ccc(N(c2ccc(-c3ccccc3-c3cc4ccccc4o3)cc2)c2ccc3ccccc3c2)cc1. The summed E-state index contributed by atoms with van der Waals surface area (Å²) < 4.78 is 6.22. The van der Waals surface area contributed by atoms with E-state index in [1.54, 1.807) is 0 Å². The monoisotopic (exact) mass is 487 g/mol. The molecular weight excluding hydrogens is 462 g/mol. The van der Waals surface area contributed by atoms with Crippen LogP contribution in [0.25, 0.3) is 44.2 Å². The second-order valence-corrected chi connectivity index (χ2v) is 9.44. The van der Waals surface area contributed by atoms with E-state index in [0.29, 0.717) is 0 Å². The highest BCUT2D eigenvalue weighted by Gasteiger charge is 2.15. The van der Waals surface area contributed by atoms with Crippen molar-refractivity contribution in [3.05, 3.63) is 152 Å². The van der Waals surface area contributed by atoms with Crippen molar-refractivity contribution in [2.75, 3.05) is 4.90 Å². The van der Waals surface area contributed by atoms with E-state index in [-0.39, 0.29) is 0 Å². The van der Waals surface area contributed by atoms with Crippen LogP contribution >= 0.6 is 0 Å². The van der Waals surface area contributed by atoms with Crippen molar-refractivity contribution in [1.82, 2.24) is 0 Å². The van der Waals surface area contributed by atoms with Crippen molar-refractivity contribution in [3.63, 3.8) is 0 Å². The van der Waals surface area contributed by atoms with Gasteiger partial charge in [-0.2, -0.15) is 0 Å². The van der Waals surface area contributed by atoms with Crippen molar-refractivity contribution >= 4 is 38.8 Å². The third-order valence-electron chi connectivity index (χ3n) is 7.06. The minimum absolute atomic E-state index is 0.882. The number of anilines is 3. The first-order valence-corrected chi connectivity index (χ1v) is 12.9. The molecule has 0 unspecified atom stereocenters. The van der Waals surface area contributed by atoms with E-state index in [1.807, 2.05) is 18.2 Å². The smallest absolute Gasteiger partial charge is 0.136 e. The van der Waals surface area contributed by atoms with Gasteiger partial charge in [0.05, 0.1) is 0 Å². The van der Waals surface area contributed by atoms with E-state index in [4.69, 9.17) is 4.42 Å². The Morgan fingerprint density at radius 3 is 1.79 bits per heavy atom. The lowest BCUT2D eigenvalue weighted by atomic mass is 9.97. The van der Waals surface area contributed by atoms with Crippen LogP contribution in [0.3, 0.4) is 0 Å². The van der Waals surface area contributed by atoms with E-state index in [9.17, 15) is 0 Å². The van der Waals surface area contributed by atoms with Gasteiger partial charge in [-0.05, 0) is 70.4 Å². The highest BCUT2D eigenvalue weighted by Crippen LogP contribution is 2.39. The maximum atomic E-state index is 6.22. The second-order valence-electron chi connectivity index (χ2n) is 9.44. The molecule has 1 aromatic heterocycles. The molecule has 7 aromatic rings. The first-order chi connectivity index (χ1) is 18.8. The third-order valence-corrected chi connectivity index (χ3v) is 7.06. The first-order valence-electron chi connectivity index (χ1n) is 12.9. The summed E-state index contributed by atoms with van der Waals surface area (Å²) in [7, 11) is 0. The summed E-state index contributed by atoms with van der Waals surface area (Å²) in [6, 6.07) is 53.2. The van der Waals surface area contributed by atoms with Gasteiger partial charge in [-0.3, -0.25) is 0 Å². The van der Waals surface area contributed by atoms with E-state index in [0.717, 1.165) is 50.5 Å². The van der Waals surface area contributed by atoms with Gasteiger partial charge in [0.1, 0.15) is 11.3 Å². The molecule has 0 saturated heterocycles. The van der Waals surface area contributed by atoms with Gasteiger partial charge < -0.3 is 9.32 Å². The zero-order valence-corrected chi connectivity index (χ0v) is 20.8. The molecule has 0 fully saturated rings. The van der Waals surface area contributed by atoms with Gasteiger partial charge in [0.15, 0.2) is 0 Å². The summed E-state index contributed by atoms with van der Waals surface area (Å²) in [6.45, 7) is 0. The predicted octanol–water partition coefficient (Wildman–Crippen LogP) is 10.4. The molecule has 0 aliphatic carbocycles. The van der Waals surface area contributed by atoms with Crippen molar-refractivity contribution < 1.29 is 4.42 Å². The molecule has 180 valence electrons. The standard InChI is InChI=1S/C36H25NO/c1-2-13-30(14-3-1)37(32-23-18-26-10-4-5-11-28(26)24-32)31-21-19-27(20-22-31)33-15-7-8-16-34(33)36-25-29-12-6-9-17-35(29)38-36/h1-25H. The number of fused-ring (bicyclic) bond motifs is 2. The Kier molecular flexibility index (Phi) is 5.49. The number of benzene rings is 6. The van der Waals surface area contributed by atoms with Gasteiger partial charge >= 0.3 is 0 Å². The molecule has 1 heterocycles. The lowest BCUT2D eigenvalue weighted by Crippen LogP contribution is -2.09. The highest BCUT2D eigenvalue weighted by molar-refractivity contribution is 5.91. The fourth-order valence-electron chi connectivity index (χ4n) is 5.19. The average molecular weight is 488 g/mol. The summed E-state index contributed by atoms with van der Waals surface area (Å²) >= 11 is 0. The molecular formula is C36H25NO. The third kappa shape index (κ3) is 4.03. The lowest BCUT2D eigenvalue weighted by molar-refractivity contribution is 0.632. The second kappa shape index (κ2) is 9.42. The van der Waals surface area contributed by atoms with Crippen LogP contribution in [0.1, 0.15) is 0 Å². The molecule has 2 heteroatoms. The molecule has 0 radical (unpaired) electrons. The summed E-state index contributed by atoms with van der Waals surface area (Å²) in [4.78, 5) is 2.31. The van der Waals surface area contributed by atoms with Crippen molar-refractivity contribution in [2.24, 2.45) is 0 Å². The highest BCUT2D eigenvalue weighted by atomic mass is 16.3. The minimum Gasteiger partial charge on any atom is -0.456 e. The van der Waals surface area contributed by atoms with Crippen LogP contribution in [0, 0.1) is 0 Å². The molecule has 38 heavy (non-hydrogen) atoms. The van der Waals surface area contributed by atoms with Crippen LogP contribution in [0.15, 0.2) is 156 Å². The summed E-state index contributed by atoms with van der Waals surface area (Å²) in [6.07, 6.45) is 0. The number of hydrogen-bond donors (Lipinski definition) is 0. The Bertz CT molecular complexity index is 1830. The maximum Gasteiger partial charge on any atom is 0.136 e. The zero-order chi connectivity index (χ0) is 25.3. The van der Waals surface area contributed by atoms with E-state index in [2.05, 4.69) is 138 Å². The van der Waals surface area contributed by atoms with Crippen LogP contribution in [0.5, 0.6) is 0 Å². The molecule has 0 atom stereocenters. The Labute approximate surface area is 222 Å². The zero-order valence-electron chi connectivity index (χ0n) is 20.8. The Balaban J connectivity index is 1.30. The maximum absolute atomic E-state index is 6.22. The molecule has 7 rings (SSSR count). The Morgan fingerprint density at radius 1 is 0.395 bits per heavy atom. The van der Waals surface area contributed by atoms with E-state index < -0.39 is 0 Å². The summed E-state index contributed by atoms with van der Waals surface area (Å²) in [5.41, 5.74) is 7.65. The number of nitrogens with zero attached hydrogens (tertiary/aromatic N) is 1. The van der Waals surface area contributed by atoms with Gasteiger partial charge in [0.2, 0.25) is 0 Å². The van der Waals surface area contributed by atoms with Gasteiger partial charge in [-0.1, -0.05) is 103 Å². The molecule has 0 N–H and O–H groups in total. The molecule has 0 bridgehead atoms. The molecule has 2 nitrogen and oxygen atoms in total. The first kappa shape index (κ1) is 22.1. The largest absolute Gasteiger partial charge is 0.456 e. The normalized spacial score (nSPS) is 11.2. The molecule has 6 aromatic carbocycles. The van der Waals surface area contributed by atoms with Crippen LogP contribution in [0.2, 0.25) is 0 Å². The Hall–Kier alpha value is -5.08. The average Bonchev–Trinajstić information content (AvgIpc) is 3.43. The molecule has 0 spiro atoms. The molecule has 0 aliphatic rings. The van der Waals surface area contributed by atoms with Gasteiger partial charge in [0.25, 0.3) is 0 Å². The summed E-state index contributed by atoms with van der Waals surface area (Å²) in [5, 5.41) is 3.57. The number of para-hydroxylation sites is 2. The van der Waals surface area contributed by atoms with Crippen molar-refractivity contribution in [1.29, 1.82) is 0 Å². The molecule has 0 amide bonds. The van der Waals surface area contributed by atoms with E-state index >= 15 is 0 Å². The predicted molar refractivity (Wildman–Crippen MR) is 159 cm³/mol. The number of furan rings is 1. The van der Waals surface area contributed by atoms with Crippen LogP contribution in [-0.2, 0) is 0 Å². The number of hydrogen-bond acceptors (Lipinski definition) is 2. The molecule has 0 saturated carbocycles.